The van der Waals surface area contributed by atoms with Crippen LogP contribution in [0.4, 0.5) is 0 Å². The lowest BCUT2D eigenvalue weighted by atomic mass is 10.1. The molecule has 1 atom stereocenters. The van der Waals surface area contributed by atoms with Crippen molar-refractivity contribution in [2.24, 2.45) is 10.9 Å². The molecule has 1 unspecified atom stereocenters. The van der Waals surface area contributed by atoms with E-state index in [1.54, 1.807) is 0 Å². The zero-order chi connectivity index (χ0) is 16.1. The van der Waals surface area contributed by atoms with Crippen molar-refractivity contribution in [1.82, 2.24) is 15.1 Å². The van der Waals surface area contributed by atoms with Crippen LogP contribution in [0, 0.1) is 5.92 Å². The third-order valence-electron chi connectivity index (χ3n) is 4.24. The summed E-state index contributed by atoms with van der Waals surface area (Å²) in [6, 6.07) is 8.92. The fraction of sp³-hybridized carbons (Fsp3) is 0.588. The molecule has 4 nitrogen and oxygen atoms in total. The minimum absolute atomic E-state index is 0.591. The van der Waals surface area contributed by atoms with Gasteiger partial charge in [-0.25, -0.2) is 0 Å². The first-order valence-electron chi connectivity index (χ1n) is 7.84. The van der Waals surface area contributed by atoms with Crippen molar-refractivity contribution in [3.8, 4) is 0 Å². The van der Waals surface area contributed by atoms with E-state index in [-0.39, 0.29) is 0 Å². The van der Waals surface area contributed by atoms with Gasteiger partial charge in [0.05, 0.1) is 0 Å². The van der Waals surface area contributed by atoms with Crippen LogP contribution in [-0.4, -0.2) is 56.5 Å². The van der Waals surface area contributed by atoms with Crippen molar-refractivity contribution >= 4 is 21.9 Å². The van der Waals surface area contributed by atoms with Crippen molar-refractivity contribution in [2.75, 3.05) is 34.7 Å². The zero-order valence-electron chi connectivity index (χ0n) is 14.0. The first-order valence-corrected chi connectivity index (χ1v) is 8.64. The molecule has 1 aromatic rings. The van der Waals surface area contributed by atoms with Crippen molar-refractivity contribution < 1.29 is 0 Å². The van der Waals surface area contributed by atoms with E-state index in [0.29, 0.717) is 6.04 Å². The molecule has 0 aliphatic heterocycles. The predicted octanol–water partition coefficient (Wildman–Crippen LogP) is 2.80. The molecule has 0 spiro atoms. The summed E-state index contributed by atoms with van der Waals surface area (Å²) in [5.41, 5.74) is 1.26. The maximum atomic E-state index is 4.42. The van der Waals surface area contributed by atoms with Crippen LogP contribution in [0.3, 0.4) is 0 Å². The van der Waals surface area contributed by atoms with Gasteiger partial charge in [-0.15, -0.1) is 0 Å². The van der Waals surface area contributed by atoms with E-state index in [1.165, 1.54) is 18.4 Å². The Morgan fingerprint density at radius 1 is 1.32 bits per heavy atom. The van der Waals surface area contributed by atoms with Crippen LogP contribution in [0.5, 0.6) is 0 Å². The monoisotopic (exact) mass is 366 g/mol. The molecule has 1 aromatic carbocycles. The molecule has 0 aromatic heterocycles. The fourth-order valence-electron chi connectivity index (χ4n) is 2.79. The van der Waals surface area contributed by atoms with Crippen molar-refractivity contribution in [3.63, 3.8) is 0 Å². The van der Waals surface area contributed by atoms with E-state index in [0.717, 1.165) is 29.4 Å². The van der Waals surface area contributed by atoms with Crippen LogP contribution in [-0.2, 0) is 6.54 Å². The molecule has 1 N–H and O–H groups in total. The van der Waals surface area contributed by atoms with E-state index in [1.807, 2.05) is 13.1 Å². The molecule has 5 heteroatoms. The van der Waals surface area contributed by atoms with Crippen LogP contribution >= 0.6 is 15.9 Å². The quantitative estimate of drug-likeness (QED) is 0.620. The summed E-state index contributed by atoms with van der Waals surface area (Å²) in [7, 11) is 8.26. The lowest BCUT2D eigenvalue weighted by Crippen LogP contribution is -2.46. The average molecular weight is 367 g/mol. The van der Waals surface area contributed by atoms with Crippen LogP contribution < -0.4 is 5.32 Å². The van der Waals surface area contributed by atoms with E-state index in [2.05, 4.69) is 75.4 Å². The number of aliphatic imine (C=N–C) groups is 1. The second-order valence-corrected chi connectivity index (χ2v) is 7.10. The molecule has 1 fully saturated rings. The molecule has 1 saturated carbocycles. The molecule has 0 saturated heterocycles. The number of hydrogen-bond donors (Lipinski definition) is 1. The van der Waals surface area contributed by atoms with E-state index in [9.17, 15) is 0 Å². The molecule has 1 aliphatic carbocycles. The summed E-state index contributed by atoms with van der Waals surface area (Å²) in [6.07, 6.45) is 2.71. The van der Waals surface area contributed by atoms with Crippen molar-refractivity contribution in [2.45, 2.75) is 25.4 Å². The summed E-state index contributed by atoms with van der Waals surface area (Å²) in [6.45, 7) is 1.78. The topological polar surface area (TPSA) is 30.9 Å². The normalized spacial score (nSPS) is 16.7. The summed E-state index contributed by atoms with van der Waals surface area (Å²) >= 11 is 3.61. The second kappa shape index (κ2) is 7.97. The van der Waals surface area contributed by atoms with E-state index in [4.69, 9.17) is 0 Å². The van der Waals surface area contributed by atoms with E-state index < -0.39 is 0 Å². The van der Waals surface area contributed by atoms with Gasteiger partial charge in [0.15, 0.2) is 5.96 Å². The van der Waals surface area contributed by atoms with Gasteiger partial charge in [0.1, 0.15) is 0 Å². The highest BCUT2D eigenvalue weighted by Gasteiger charge is 2.32. The highest BCUT2D eigenvalue weighted by Crippen LogP contribution is 2.34. The van der Waals surface area contributed by atoms with Gasteiger partial charge >= 0.3 is 0 Å². The zero-order valence-corrected chi connectivity index (χ0v) is 15.6. The molecule has 0 amide bonds. The molecule has 2 rings (SSSR count). The fourth-order valence-corrected chi connectivity index (χ4v) is 3.20. The summed E-state index contributed by atoms with van der Waals surface area (Å²) in [4.78, 5) is 8.91. The number of halogens is 1. The van der Waals surface area contributed by atoms with Crippen LogP contribution in [0.25, 0.3) is 0 Å². The lowest BCUT2D eigenvalue weighted by molar-refractivity contribution is 0.262. The van der Waals surface area contributed by atoms with Gasteiger partial charge in [-0.05, 0) is 44.5 Å². The Kier molecular flexibility index (Phi) is 6.26. The summed E-state index contributed by atoms with van der Waals surface area (Å²) < 4.78 is 1.14. The molecular formula is C17H27BrN4. The Balaban J connectivity index is 1.92. The predicted molar refractivity (Wildman–Crippen MR) is 97.2 cm³/mol. The SMILES string of the molecule is CN=C(NCC(C1CC1)N(C)C)N(C)Cc1ccccc1Br. The Morgan fingerprint density at radius 3 is 2.55 bits per heavy atom. The Hall–Kier alpha value is -1.07. The highest BCUT2D eigenvalue weighted by atomic mass is 79.9. The number of guanidine groups is 1. The average Bonchev–Trinajstić information content (AvgIpc) is 3.30. The number of benzene rings is 1. The van der Waals surface area contributed by atoms with Crippen LogP contribution in [0.2, 0.25) is 0 Å². The minimum Gasteiger partial charge on any atom is -0.355 e. The van der Waals surface area contributed by atoms with Gasteiger partial charge in [-0.1, -0.05) is 34.1 Å². The number of nitrogens with zero attached hydrogens (tertiary/aromatic N) is 3. The van der Waals surface area contributed by atoms with Gasteiger partial charge < -0.3 is 15.1 Å². The third kappa shape index (κ3) is 4.71. The van der Waals surface area contributed by atoms with Gasteiger partial charge in [-0.3, -0.25) is 4.99 Å². The molecule has 0 radical (unpaired) electrons. The summed E-state index contributed by atoms with van der Waals surface area (Å²) in [5, 5.41) is 3.53. The maximum absolute atomic E-state index is 4.42. The van der Waals surface area contributed by atoms with Crippen molar-refractivity contribution in [1.29, 1.82) is 0 Å². The largest absolute Gasteiger partial charge is 0.355 e. The first kappa shape index (κ1) is 17.3. The maximum Gasteiger partial charge on any atom is 0.193 e. The van der Waals surface area contributed by atoms with Crippen LogP contribution in [0.15, 0.2) is 33.7 Å². The van der Waals surface area contributed by atoms with Gasteiger partial charge in [0, 0.05) is 37.7 Å². The molecule has 1 aliphatic rings. The first-order chi connectivity index (χ1) is 10.5. The van der Waals surface area contributed by atoms with Crippen molar-refractivity contribution in [3.05, 3.63) is 34.3 Å². The Bertz CT molecular complexity index is 509. The third-order valence-corrected chi connectivity index (χ3v) is 5.01. The lowest BCUT2D eigenvalue weighted by Gasteiger charge is -2.28. The minimum atomic E-state index is 0.591. The number of rotatable bonds is 6. The Morgan fingerprint density at radius 2 is 2.00 bits per heavy atom. The van der Waals surface area contributed by atoms with Gasteiger partial charge in [-0.2, -0.15) is 0 Å². The standard InChI is InChI=1S/C17H27BrN4/c1-19-17(20-11-16(21(2)3)13-9-10-13)22(4)12-14-7-5-6-8-15(14)18/h5-8,13,16H,9-12H2,1-4H3,(H,19,20). The second-order valence-electron chi connectivity index (χ2n) is 6.24. The van der Waals surface area contributed by atoms with Gasteiger partial charge in [0.25, 0.3) is 0 Å². The summed E-state index contributed by atoms with van der Waals surface area (Å²) in [5.74, 6) is 1.79. The smallest absolute Gasteiger partial charge is 0.193 e. The number of hydrogen-bond acceptors (Lipinski definition) is 2. The van der Waals surface area contributed by atoms with Gasteiger partial charge in [0.2, 0.25) is 0 Å². The van der Waals surface area contributed by atoms with Crippen LogP contribution in [0.1, 0.15) is 18.4 Å². The number of likely N-dealkylation sites (N-methyl/N-ethyl adjacent to an activating group) is 1. The molecule has 0 heterocycles. The molecule has 22 heavy (non-hydrogen) atoms. The molecule has 0 bridgehead atoms. The van der Waals surface area contributed by atoms with E-state index >= 15 is 0 Å². The molecule has 122 valence electrons. The number of nitrogens with one attached hydrogen (secondary N) is 1. The Labute approximate surface area is 142 Å². The highest BCUT2D eigenvalue weighted by molar-refractivity contribution is 9.10. The molecular weight excluding hydrogens is 340 g/mol.